The van der Waals surface area contributed by atoms with Crippen molar-refractivity contribution in [1.29, 1.82) is 0 Å². The van der Waals surface area contributed by atoms with Gasteiger partial charge in [-0.2, -0.15) is 0 Å². The first-order chi connectivity index (χ1) is 9.47. The maximum absolute atomic E-state index is 13.7. The van der Waals surface area contributed by atoms with Crippen LogP contribution in [0, 0.1) is 18.6 Å². The number of aromatic nitrogens is 2. The van der Waals surface area contributed by atoms with Gasteiger partial charge >= 0.3 is 0 Å². The summed E-state index contributed by atoms with van der Waals surface area (Å²) in [5, 5.41) is 3.30. The van der Waals surface area contributed by atoms with Gasteiger partial charge in [0.1, 0.15) is 17.5 Å². The molecule has 0 aliphatic carbocycles. The van der Waals surface area contributed by atoms with Crippen molar-refractivity contribution in [3.8, 4) is 0 Å². The quantitative estimate of drug-likeness (QED) is 0.911. The van der Waals surface area contributed by atoms with Crippen molar-refractivity contribution >= 4 is 0 Å². The highest BCUT2D eigenvalue weighted by molar-refractivity contribution is 5.20. The highest BCUT2D eigenvalue weighted by atomic mass is 19.1. The molecule has 2 aromatic rings. The van der Waals surface area contributed by atoms with Gasteiger partial charge in [0.25, 0.3) is 0 Å². The average Bonchev–Trinajstić information content (AvgIpc) is 2.73. The Morgan fingerprint density at radius 2 is 2.05 bits per heavy atom. The van der Waals surface area contributed by atoms with Crippen molar-refractivity contribution < 1.29 is 8.78 Å². The smallest absolute Gasteiger partial charge is 0.128 e. The Morgan fingerprint density at radius 1 is 1.30 bits per heavy atom. The fraction of sp³-hybridized carbons (Fsp3) is 0.400. The summed E-state index contributed by atoms with van der Waals surface area (Å²) in [5.41, 5.74) is 1.29. The van der Waals surface area contributed by atoms with Gasteiger partial charge in [-0.15, -0.1) is 0 Å². The summed E-state index contributed by atoms with van der Waals surface area (Å²) < 4.78 is 28.8. The lowest BCUT2D eigenvalue weighted by molar-refractivity contribution is 0.548. The van der Waals surface area contributed by atoms with Gasteiger partial charge in [0, 0.05) is 24.3 Å². The summed E-state index contributed by atoms with van der Waals surface area (Å²) in [4.78, 5) is 4.25. The third-order valence-corrected chi connectivity index (χ3v) is 3.17. The Hall–Kier alpha value is -1.75. The van der Waals surface area contributed by atoms with Gasteiger partial charge < -0.3 is 9.88 Å². The second-order valence-corrected chi connectivity index (χ2v) is 5.15. The number of nitrogens with zero attached hydrogens (tertiary/aromatic N) is 2. The van der Waals surface area contributed by atoms with Crippen molar-refractivity contribution in [2.45, 2.75) is 39.9 Å². The topological polar surface area (TPSA) is 29.9 Å². The Labute approximate surface area is 117 Å². The molecule has 0 atom stereocenters. The molecule has 0 unspecified atom stereocenters. The minimum Gasteiger partial charge on any atom is -0.326 e. The molecule has 0 bridgehead atoms. The lowest BCUT2D eigenvalue weighted by Gasteiger charge is -2.13. The van der Waals surface area contributed by atoms with E-state index in [9.17, 15) is 8.78 Å². The number of imidazole rings is 1. The molecule has 0 saturated heterocycles. The molecule has 1 N–H and O–H groups in total. The maximum Gasteiger partial charge on any atom is 0.128 e. The van der Waals surface area contributed by atoms with E-state index in [1.54, 1.807) is 6.20 Å². The molecule has 1 aromatic heterocycles. The lowest BCUT2D eigenvalue weighted by atomic mass is 10.2. The molecule has 108 valence electrons. The van der Waals surface area contributed by atoms with Crippen molar-refractivity contribution in [3.63, 3.8) is 0 Å². The Kier molecular flexibility index (Phi) is 4.49. The number of hydrogen-bond donors (Lipinski definition) is 1. The third-order valence-electron chi connectivity index (χ3n) is 3.17. The second kappa shape index (κ2) is 6.13. The second-order valence-electron chi connectivity index (χ2n) is 5.15. The van der Waals surface area contributed by atoms with Crippen LogP contribution in [0.1, 0.15) is 30.9 Å². The van der Waals surface area contributed by atoms with Crippen LogP contribution < -0.4 is 5.32 Å². The minimum atomic E-state index is -0.430. The fourth-order valence-corrected chi connectivity index (χ4v) is 2.02. The molecule has 0 spiro atoms. The SMILES string of the molecule is Cc1ncc(CNC(C)C)n1Cc1cc(F)ccc1F. The highest BCUT2D eigenvalue weighted by Gasteiger charge is 2.11. The predicted octanol–water partition coefficient (Wildman–Crippen LogP) is 3.02. The molecule has 1 aromatic carbocycles. The van der Waals surface area contributed by atoms with Gasteiger partial charge in [-0.1, -0.05) is 13.8 Å². The number of aryl methyl sites for hydroxylation is 1. The normalized spacial score (nSPS) is 11.3. The number of rotatable bonds is 5. The van der Waals surface area contributed by atoms with Gasteiger partial charge in [0.05, 0.1) is 12.2 Å². The van der Waals surface area contributed by atoms with Crippen molar-refractivity contribution in [3.05, 3.63) is 53.1 Å². The first kappa shape index (κ1) is 14.7. The van der Waals surface area contributed by atoms with Gasteiger partial charge in [-0.3, -0.25) is 0 Å². The fourth-order valence-electron chi connectivity index (χ4n) is 2.02. The van der Waals surface area contributed by atoms with E-state index < -0.39 is 11.6 Å². The average molecular weight is 279 g/mol. The molecule has 0 saturated carbocycles. The maximum atomic E-state index is 13.7. The zero-order valence-electron chi connectivity index (χ0n) is 12.0. The van der Waals surface area contributed by atoms with Crippen molar-refractivity contribution in [2.75, 3.05) is 0 Å². The number of hydrogen-bond acceptors (Lipinski definition) is 2. The molecular formula is C15H19F2N3. The third kappa shape index (κ3) is 3.42. The zero-order valence-corrected chi connectivity index (χ0v) is 12.0. The van der Waals surface area contributed by atoms with E-state index in [4.69, 9.17) is 0 Å². The summed E-state index contributed by atoms with van der Waals surface area (Å²) >= 11 is 0. The number of nitrogens with one attached hydrogen (secondary N) is 1. The summed E-state index contributed by atoms with van der Waals surface area (Å²) in [6, 6.07) is 3.86. The van der Waals surface area contributed by atoms with E-state index in [1.165, 1.54) is 6.07 Å². The predicted molar refractivity (Wildman–Crippen MR) is 74.4 cm³/mol. The van der Waals surface area contributed by atoms with E-state index in [-0.39, 0.29) is 6.54 Å². The molecule has 0 radical (unpaired) electrons. The van der Waals surface area contributed by atoms with Crippen LogP contribution in [0.2, 0.25) is 0 Å². The summed E-state index contributed by atoms with van der Waals surface area (Å²) in [6.07, 6.45) is 1.77. The molecule has 5 heteroatoms. The van der Waals surface area contributed by atoms with E-state index in [2.05, 4.69) is 24.1 Å². The van der Waals surface area contributed by atoms with E-state index in [1.807, 2.05) is 11.5 Å². The van der Waals surface area contributed by atoms with Crippen LogP contribution in [0.15, 0.2) is 24.4 Å². The van der Waals surface area contributed by atoms with Gasteiger partial charge in [-0.25, -0.2) is 13.8 Å². The van der Waals surface area contributed by atoms with Gasteiger partial charge in [0.2, 0.25) is 0 Å². The van der Waals surface area contributed by atoms with Crippen LogP contribution in [0.3, 0.4) is 0 Å². The number of benzene rings is 1. The van der Waals surface area contributed by atoms with Crippen molar-refractivity contribution in [2.24, 2.45) is 0 Å². The lowest BCUT2D eigenvalue weighted by Crippen LogP contribution is -2.24. The zero-order chi connectivity index (χ0) is 14.7. The molecule has 0 aliphatic heterocycles. The summed E-state index contributed by atoms with van der Waals surface area (Å²) in [7, 11) is 0. The first-order valence-electron chi connectivity index (χ1n) is 6.65. The molecule has 0 aliphatic rings. The summed E-state index contributed by atoms with van der Waals surface area (Å²) in [6.45, 7) is 6.90. The van der Waals surface area contributed by atoms with E-state index in [0.29, 0.717) is 18.2 Å². The minimum absolute atomic E-state index is 0.282. The Morgan fingerprint density at radius 3 is 2.75 bits per heavy atom. The van der Waals surface area contributed by atoms with E-state index >= 15 is 0 Å². The molecule has 3 nitrogen and oxygen atoms in total. The van der Waals surface area contributed by atoms with Crippen LogP contribution in [0.4, 0.5) is 8.78 Å². The van der Waals surface area contributed by atoms with Gasteiger partial charge in [0.15, 0.2) is 0 Å². The molecule has 20 heavy (non-hydrogen) atoms. The first-order valence-corrected chi connectivity index (χ1v) is 6.65. The van der Waals surface area contributed by atoms with Crippen molar-refractivity contribution in [1.82, 2.24) is 14.9 Å². The molecule has 1 heterocycles. The van der Waals surface area contributed by atoms with Gasteiger partial charge in [-0.05, 0) is 25.1 Å². The largest absolute Gasteiger partial charge is 0.326 e. The monoisotopic (exact) mass is 279 g/mol. The van der Waals surface area contributed by atoms with Crippen LogP contribution in [-0.2, 0) is 13.1 Å². The molecule has 0 fully saturated rings. The van der Waals surface area contributed by atoms with Crippen LogP contribution in [-0.4, -0.2) is 15.6 Å². The van der Waals surface area contributed by atoms with Crippen LogP contribution in [0.5, 0.6) is 0 Å². The Balaban J connectivity index is 2.24. The molecule has 2 rings (SSSR count). The highest BCUT2D eigenvalue weighted by Crippen LogP contribution is 2.14. The van der Waals surface area contributed by atoms with Crippen LogP contribution in [0.25, 0.3) is 0 Å². The molecular weight excluding hydrogens is 260 g/mol. The summed E-state index contributed by atoms with van der Waals surface area (Å²) in [5.74, 6) is -0.0440. The number of halogens is 2. The van der Waals surface area contributed by atoms with E-state index in [0.717, 1.165) is 23.7 Å². The van der Waals surface area contributed by atoms with Crippen LogP contribution >= 0.6 is 0 Å². The Bertz CT molecular complexity index is 591. The molecule has 0 amide bonds. The standard InChI is InChI=1S/C15H19F2N3/c1-10(2)18-7-14-8-19-11(3)20(14)9-12-6-13(16)4-5-15(12)17/h4-6,8,10,18H,7,9H2,1-3H3.